The second kappa shape index (κ2) is 10.5. The third-order valence-corrected chi connectivity index (χ3v) is 5.76. The average molecular weight is 519 g/mol. The first-order valence-electron chi connectivity index (χ1n) is 9.72. The number of amides is 2. The van der Waals surface area contributed by atoms with E-state index in [1.54, 1.807) is 36.5 Å². The van der Waals surface area contributed by atoms with Gasteiger partial charge in [0.25, 0.3) is 5.56 Å². The Kier molecular flexibility index (Phi) is 7.71. The summed E-state index contributed by atoms with van der Waals surface area (Å²) in [5.74, 6) is -1.05. The van der Waals surface area contributed by atoms with Gasteiger partial charge in [0.1, 0.15) is 5.69 Å². The molecule has 32 heavy (non-hydrogen) atoms. The maximum atomic E-state index is 12.8. The summed E-state index contributed by atoms with van der Waals surface area (Å²) in [5.41, 5.74) is 2.21. The van der Waals surface area contributed by atoms with Gasteiger partial charge in [-0.2, -0.15) is 0 Å². The van der Waals surface area contributed by atoms with E-state index in [0.29, 0.717) is 10.6 Å². The van der Waals surface area contributed by atoms with E-state index in [1.807, 2.05) is 25.1 Å². The van der Waals surface area contributed by atoms with Crippen molar-refractivity contribution >= 4 is 45.2 Å². The fourth-order valence-electron chi connectivity index (χ4n) is 3.13. The number of benzene rings is 2. The molecule has 166 valence electrons. The minimum absolute atomic E-state index is 0.0769. The summed E-state index contributed by atoms with van der Waals surface area (Å²) in [5, 5.41) is 15.0. The van der Waals surface area contributed by atoms with Crippen molar-refractivity contribution in [2.75, 3.05) is 5.32 Å². The highest BCUT2D eigenvalue weighted by Crippen LogP contribution is 2.22. The number of anilines is 1. The van der Waals surface area contributed by atoms with Crippen molar-refractivity contribution in [1.29, 1.82) is 0 Å². The number of rotatable bonds is 7. The lowest BCUT2D eigenvalue weighted by molar-refractivity contribution is -0.137. The molecule has 0 spiro atoms. The van der Waals surface area contributed by atoms with Crippen LogP contribution in [0, 0.1) is 6.92 Å². The first kappa shape index (κ1) is 23.6. The van der Waals surface area contributed by atoms with Gasteiger partial charge in [0.2, 0.25) is 0 Å². The van der Waals surface area contributed by atoms with Crippen LogP contribution in [0.4, 0.5) is 10.5 Å². The minimum Gasteiger partial charge on any atom is -0.481 e. The lowest BCUT2D eigenvalue weighted by Gasteiger charge is -2.18. The molecule has 3 rings (SSSR count). The normalized spacial score (nSPS) is 11.6. The number of hydrogen-bond donors (Lipinski definition) is 3. The number of carbonyl (C=O) groups is 2. The Bertz CT molecular complexity index is 1190. The maximum Gasteiger partial charge on any atom is 0.319 e. The Morgan fingerprint density at radius 3 is 2.53 bits per heavy atom. The fraction of sp³-hybridized carbons (Fsp3) is 0.174. The van der Waals surface area contributed by atoms with Crippen molar-refractivity contribution < 1.29 is 14.7 Å². The van der Waals surface area contributed by atoms with Crippen LogP contribution in [0.5, 0.6) is 0 Å². The van der Waals surface area contributed by atoms with Crippen molar-refractivity contribution in [3.63, 3.8) is 0 Å². The van der Waals surface area contributed by atoms with E-state index < -0.39 is 23.6 Å². The van der Waals surface area contributed by atoms with Crippen LogP contribution in [0.15, 0.2) is 70.1 Å². The first-order valence-corrected chi connectivity index (χ1v) is 10.9. The third-order valence-electron chi connectivity index (χ3n) is 4.79. The zero-order valence-corrected chi connectivity index (χ0v) is 19.5. The first-order chi connectivity index (χ1) is 15.2. The molecular weight excluding hydrogens is 498 g/mol. The molecule has 1 aromatic heterocycles. The van der Waals surface area contributed by atoms with Gasteiger partial charge in [-0.15, -0.1) is 0 Å². The van der Waals surface area contributed by atoms with Crippen molar-refractivity contribution in [3.8, 4) is 0 Å². The van der Waals surface area contributed by atoms with E-state index in [-0.39, 0.29) is 18.7 Å². The third kappa shape index (κ3) is 6.21. The van der Waals surface area contributed by atoms with Gasteiger partial charge >= 0.3 is 12.0 Å². The van der Waals surface area contributed by atoms with E-state index in [1.165, 1.54) is 10.6 Å². The zero-order chi connectivity index (χ0) is 23.3. The number of nitrogens with zero attached hydrogens (tertiary/aromatic N) is 1. The number of carboxylic acid groups (broad SMARTS) is 1. The lowest BCUT2D eigenvalue weighted by Crippen LogP contribution is -2.36. The van der Waals surface area contributed by atoms with Crippen molar-refractivity contribution in [1.82, 2.24) is 9.88 Å². The van der Waals surface area contributed by atoms with Gasteiger partial charge in [-0.25, -0.2) is 4.79 Å². The number of halogens is 2. The predicted octanol–water partition coefficient (Wildman–Crippen LogP) is 4.96. The van der Waals surface area contributed by atoms with Crippen LogP contribution in [0.3, 0.4) is 0 Å². The van der Waals surface area contributed by atoms with Gasteiger partial charge in [-0.3, -0.25) is 9.59 Å². The lowest BCUT2D eigenvalue weighted by atomic mass is 10.0. The van der Waals surface area contributed by atoms with Crippen molar-refractivity contribution in [3.05, 3.63) is 97.3 Å². The number of carboxylic acids is 1. The van der Waals surface area contributed by atoms with Crippen LogP contribution in [-0.4, -0.2) is 21.7 Å². The highest BCUT2D eigenvalue weighted by Gasteiger charge is 2.19. The second-order valence-corrected chi connectivity index (χ2v) is 8.54. The molecule has 0 saturated heterocycles. The summed E-state index contributed by atoms with van der Waals surface area (Å²) >= 11 is 9.40. The van der Waals surface area contributed by atoms with Gasteiger partial charge in [0, 0.05) is 15.7 Å². The smallest absolute Gasteiger partial charge is 0.319 e. The van der Waals surface area contributed by atoms with E-state index >= 15 is 0 Å². The summed E-state index contributed by atoms with van der Waals surface area (Å²) in [4.78, 5) is 36.7. The molecule has 0 radical (unpaired) electrons. The summed E-state index contributed by atoms with van der Waals surface area (Å²) in [6.07, 6.45) is 1.33. The summed E-state index contributed by atoms with van der Waals surface area (Å²) < 4.78 is 2.22. The fourth-order valence-corrected chi connectivity index (χ4v) is 3.94. The Morgan fingerprint density at radius 2 is 1.88 bits per heavy atom. The second-order valence-electron chi connectivity index (χ2n) is 7.25. The Labute approximate surface area is 198 Å². The molecule has 3 aromatic rings. The van der Waals surface area contributed by atoms with Gasteiger partial charge in [0.15, 0.2) is 0 Å². The Balaban J connectivity index is 1.76. The van der Waals surface area contributed by atoms with Crippen molar-refractivity contribution in [2.24, 2.45) is 0 Å². The standard InChI is InChI=1S/C23H21BrClN3O4/c1-14-4-6-15(7-5-14)20(12-21(29)30)27-23(32)26-19-3-2-10-28(22(19)31)13-16-8-9-17(25)11-18(16)24/h2-11,20H,12-13H2,1H3,(H,29,30)(H2,26,27,32)/t20-/m0/s1. The highest BCUT2D eigenvalue weighted by molar-refractivity contribution is 9.10. The molecule has 9 heteroatoms. The number of urea groups is 1. The van der Waals surface area contributed by atoms with Gasteiger partial charge in [0.05, 0.1) is 19.0 Å². The van der Waals surface area contributed by atoms with Crippen molar-refractivity contribution in [2.45, 2.75) is 25.9 Å². The number of aromatic nitrogens is 1. The Morgan fingerprint density at radius 1 is 1.16 bits per heavy atom. The molecule has 0 aliphatic heterocycles. The molecule has 0 saturated carbocycles. The molecule has 1 atom stereocenters. The predicted molar refractivity (Wildman–Crippen MR) is 127 cm³/mol. The number of nitrogens with one attached hydrogen (secondary N) is 2. The van der Waals surface area contributed by atoms with Crippen LogP contribution < -0.4 is 16.2 Å². The number of pyridine rings is 1. The summed E-state index contributed by atoms with van der Waals surface area (Å²) in [6.45, 7) is 2.19. The van der Waals surface area contributed by atoms with Crippen LogP contribution >= 0.6 is 27.5 Å². The topological polar surface area (TPSA) is 100 Å². The monoisotopic (exact) mass is 517 g/mol. The molecule has 0 bridgehead atoms. The number of carbonyl (C=O) groups excluding carboxylic acids is 1. The number of aliphatic carboxylic acids is 1. The molecule has 0 unspecified atom stereocenters. The quantitative estimate of drug-likeness (QED) is 0.412. The van der Waals surface area contributed by atoms with Crippen LogP contribution in [0.25, 0.3) is 0 Å². The largest absolute Gasteiger partial charge is 0.481 e. The molecule has 7 nitrogen and oxygen atoms in total. The zero-order valence-electron chi connectivity index (χ0n) is 17.1. The van der Waals surface area contributed by atoms with E-state index in [2.05, 4.69) is 26.6 Å². The minimum atomic E-state index is -1.05. The Hall–Kier alpha value is -3.10. The molecule has 0 fully saturated rings. The number of aryl methyl sites for hydroxylation is 1. The molecule has 0 aliphatic carbocycles. The summed E-state index contributed by atoms with van der Waals surface area (Å²) in [6, 6.07) is 14.2. The molecule has 1 heterocycles. The average Bonchev–Trinajstić information content (AvgIpc) is 2.72. The van der Waals surface area contributed by atoms with Crippen LogP contribution in [0.1, 0.15) is 29.2 Å². The van der Waals surface area contributed by atoms with E-state index in [4.69, 9.17) is 11.6 Å². The molecule has 0 aliphatic rings. The molecule has 3 N–H and O–H groups in total. The highest BCUT2D eigenvalue weighted by atomic mass is 79.9. The van der Waals surface area contributed by atoms with Gasteiger partial charge in [-0.05, 0) is 42.3 Å². The molecule has 2 aromatic carbocycles. The maximum absolute atomic E-state index is 12.8. The van der Waals surface area contributed by atoms with E-state index in [9.17, 15) is 19.5 Å². The number of hydrogen-bond acceptors (Lipinski definition) is 3. The molecule has 2 amide bonds. The molecular formula is C23H21BrClN3O4. The van der Waals surface area contributed by atoms with Crippen LogP contribution in [0.2, 0.25) is 5.02 Å². The van der Waals surface area contributed by atoms with E-state index in [0.717, 1.165) is 15.6 Å². The van der Waals surface area contributed by atoms with Gasteiger partial charge in [-0.1, -0.05) is 63.4 Å². The van der Waals surface area contributed by atoms with Crippen LogP contribution in [-0.2, 0) is 11.3 Å². The summed E-state index contributed by atoms with van der Waals surface area (Å²) in [7, 11) is 0. The van der Waals surface area contributed by atoms with Gasteiger partial charge < -0.3 is 20.3 Å². The SMILES string of the molecule is Cc1ccc([C@H](CC(=O)O)NC(=O)Nc2cccn(Cc3ccc(Cl)cc3Br)c2=O)cc1.